The second-order valence-corrected chi connectivity index (χ2v) is 19.0. The first-order valence-corrected chi connectivity index (χ1v) is 17.1. The van der Waals surface area contributed by atoms with Crippen LogP contribution in [-0.4, -0.2) is 26.5 Å². The highest BCUT2D eigenvalue weighted by atomic mass is 28.4. The molecular formula is C29H52O3Si. The lowest BCUT2D eigenvalue weighted by atomic mass is 9.49. The molecular weight excluding hydrogens is 424 g/mol. The fraction of sp³-hybridized carbons (Fsp3) is 0.966. The van der Waals surface area contributed by atoms with Crippen molar-refractivity contribution >= 4 is 14.3 Å². The molecule has 4 heteroatoms. The third-order valence-electron chi connectivity index (χ3n) is 11.4. The van der Waals surface area contributed by atoms with E-state index in [4.69, 9.17) is 9.16 Å². The van der Waals surface area contributed by atoms with Gasteiger partial charge in [-0.1, -0.05) is 27.7 Å². The van der Waals surface area contributed by atoms with E-state index in [-0.39, 0.29) is 16.6 Å². The minimum Gasteiger partial charge on any atom is -0.466 e. The Morgan fingerprint density at radius 3 is 2.30 bits per heavy atom. The maximum absolute atomic E-state index is 12.3. The Kier molecular flexibility index (Phi) is 6.97. The van der Waals surface area contributed by atoms with Gasteiger partial charge in [0.1, 0.15) is 0 Å². The zero-order valence-corrected chi connectivity index (χ0v) is 24.0. The molecule has 4 aliphatic carbocycles. The molecule has 0 spiro atoms. The maximum Gasteiger partial charge on any atom is 0.306 e. The van der Waals surface area contributed by atoms with E-state index in [0.29, 0.717) is 24.4 Å². The summed E-state index contributed by atoms with van der Waals surface area (Å²) in [5.74, 6) is 4.97. The van der Waals surface area contributed by atoms with Crippen molar-refractivity contribution in [1.29, 1.82) is 0 Å². The molecule has 0 heterocycles. The van der Waals surface area contributed by atoms with Crippen molar-refractivity contribution in [3.8, 4) is 0 Å². The predicted molar refractivity (Wildman–Crippen MR) is 139 cm³/mol. The van der Waals surface area contributed by atoms with Gasteiger partial charge in [0.25, 0.3) is 0 Å². The van der Waals surface area contributed by atoms with Crippen molar-refractivity contribution < 1.29 is 14.0 Å². The molecule has 4 fully saturated rings. The van der Waals surface area contributed by atoms with E-state index < -0.39 is 8.32 Å². The molecule has 0 aromatic rings. The third kappa shape index (κ3) is 4.73. The molecule has 0 N–H and O–H groups in total. The summed E-state index contributed by atoms with van der Waals surface area (Å²) < 4.78 is 12.4. The van der Waals surface area contributed by atoms with Gasteiger partial charge in [-0.15, -0.1) is 0 Å². The van der Waals surface area contributed by atoms with Crippen molar-refractivity contribution in [1.82, 2.24) is 0 Å². The second-order valence-electron chi connectivity index (χ2n) is 14.3. The quantitative estimate of drug-likeness (QED) is 0.298. The average Bonchev–Trinajstić information content (AvgIpc) is 3.02. The van der Waals surface area contributed by atoms with E-state index in [9.17, 15) is 4.79 Å². The van der Waals surface area contributed by atoms with E-state index in [1.165, 1.54) is 57.8 Å². The number of esters is 1. The van der Waals surface area contributed by atoms with Crippen LogP contribution in [0.4, 0.5) is 0 Å². The molecule has 190 valence electrons. The van der Waals surface area contributed by atoms with Crippen LogP contribution in [0.2, 0.25) is 18.1 Å². The molecule has 0 aromatic heterocycles. The Morgan fingerprint density at radius 2 is 1.64 bits per heavy atom. The summed E-state index contributed by atoms with van der Waals surface area (Å²) in [6.45, 7) is 19.4. The van der Waals surface area contributed by atoms with E-state index >= 15 is 0 Å². The SMILES string of the molecule is CCOC(=O)C[C@H]1CC[C@H]2[C@@H]3CC[C@@H]4C[C@](C)(O[Si](C)(C)C(C)(C)C)CC[C@@H]4[C@H]3CC[C@]12C. The smallest absolute Gasteiger partial charge is 0.306 e. The highest BCUT2D eigenvalue weighted by Gasteiger charge is 2.58. The normalized spacial score (nSPS) is 43.4. The lowest BCUT2D eigenvalue weighted by Gasteiger charge is -2.58. The standard InChI is InChI=1S/C29H52O3Si/c1-9-31-26(30)18-21-11-13-25-24-12-10-20-19-28(5,32-33(7,8)27(2,3)4)16-14-22(20)23(24)15-17-29(21,25)6/h20-25H,9-19H2,1-8H3/t20-,21-,22+,23-,24-,25+,28-,29-/m1/s1. The van der Waals surface area contributed by atoms with Gasteiger partial charge in [0.2, 0.25) is 0 Å². The lowest BCUT2D eigenvalue weighted by molar-refractivity contribution is -0.146. The molecule has 8 atom stereocenters. The topological polar surface area (TPSA) is 35.5 Å². The van der Waals surface area contributed by atoms with E-state index in [1.54, 1.807) is 0 Å². The van der Waals surface area contributed by atoms with Crippen molar-refractivity contribution in [3.63, 3.8) is 0 Å². The van der Waals surface area contributed by atoms with Crippen LogP contribution < -0.4 is 0 Å². The Balaban J connectivity index is 1.42. The Hall–Kier alpha value is -0.353. The van der Waals surface area contributed by atoms with Crippen molar-refractivity contribution in [3.05, 3.63) is 0 Å². The van der Waals surface area contributed by atoms with E-state index in [2.05, 4.69) is 47.7 Å². The summed E-state index contributed by atoms with van der Waals surface area (Å²) in [6.07, 6.45) is 12.6. The monoisotopic (exact) mass is 476 g/mol. The summed E-state index contributed by atoms with van der Waals surface area (Å²) in [5.41, 5.74) is 0.438. The Labute approximate surface area is 205 Å². The molecule has 0 aromatic carbocycles. The van der Waals surface area contributed by atoms with E-state index in [0.717, 1.165) is 29.6 Å². The van der Waals surface area contributed by atoms with Gasteiger partial charge in [0, 0.05) is 6.42 Å². The highest BCUT2D eigenvalue weighted by Crippen LogP contribution is 2.65. The second kappa shape index (κ2) is 8.94. The molecule has 0 radical (unpaired) electrons. The van der Waals surface area contributed by atoms with Crippen LogP contribution in [0.5, 0.6) is 0 Å². The van der Waals surface area contributed by atoms with Gasteiger partial charge in [0.05, 0.1) is 12.2 Å². The summed E-state index contributed by atoms with van der Waals surface area (Å²) in [5, 5.41) is 0.279. The minimum atomic E-state index is -1.75. The van der Waals surface area contributed by atoms with Crippen molar-refractivity contribution in [2.75, 3.05) is 6.61 Å². The molecule has 0 bridgehead atoms. The Bertz CT molecular complexity index is 727. The molecule has 0 unspecified atom stereocenters. The molecule has 33 heavy (non-hydrogen) atoms. The van der Waals surface area contributed by atoms with Gasteiger partial charge < -0.3 is 9.16 Å². The van der Waals surface area contributed by atoms with Crippen molar-refractivity contribution in [2.24, 2.45) is 40.9 Å². The zero-order chi connectivity index (χ0) is 24.2. The molecule has 4 rings (SSSR count). The van der Waals surface area contributed by atoms with Gasteiger partial charge in [-0.3, -0.25) is 4.79 Å². The predicted octanol–water partition coefficient (Wildman–Crippen LogP) is 7.99. The van der Waals surface area contributed by atoms with Gasteiger partial charge in [-0.05, 0) is 131 Å². The number of hydrogen-bond donors (Lipinski definition) is 0. The first-order chi connectivity index (χ1) is 15.3. The van der Waals surface area contributed by atoms with E-state index in [1.807, 2.05) is 6.92 Å². The number of ether oxygens (including phenoxy) is 1. The number of hydrogen-bond acceptors (Lipinski definition) is 3. The van der Waals surface area contributed by atoms with Gasteiger partial charge in [0.15, 0.2) is 8.32 Å². The van der Waals surface area contributed by atoms with Crippen LogP contribution in [0.15, 0.2) is 0 Å². The van der Waals surface area contributed by atoms with Crippen LogP contribution in [0.25, 0.3) is 0 Å². The van der Waals surface area contributed by atoms with Gasteiger partial charge in [-0.25, -0.2) is 0 Å². The number of fused-ring (bicyclic) bond motifs is 5. The highest BCUT2D eigenvalue weighted by molar-refractivity contribution is 6.74. The largest absolute Gasteiger partial charge is 0.466 e. The number of carbonyl (C=O) groups excluding carboxylic acids is 1. The Morgan fingerprint density at radius 1 is 0.939 bits per heavy atom. The summed E-state index contributed by atoms with van der Waals surface area (Å²) >= 11 is 0. The van der Waals surface area contributed by atoms with Gasteiger partial charge in [-0.2, -0.15) is 0 Å². The number of rotatable bonds is 5. The molecule has 0 amide bonds. The summed E-state index contributed by atoms with van der Waals surface area (Å²) in [7, 11) is -1.75. The lowest BCUT2D eigenvalue weighted by Crippen LogP contribution is -2.54. The molecule has 4 saturated carbocycles. The zero-order valence-electron chi connectivity index (χ0n) is 23.0. The molecule has 0 saturated heterocycles. The van der Waals surface area contributed by atoms with Crippen LogP contribution in [0.1, 0.15) is 106 Å². The maximum atomic E-state index is 12.3. The molecule has 4 aliphatic rings. The fourth-order valence-corrected chi connectivity index (χ4v) is 10.5. The summed E-state index contributed by atoms with van der Waals surface area (Å²) in [4.78, 5) is 12.3. The summed E-state index contributed by atoms with van der Waals surface area (Å²) in [6, 6.07) is 0. The van der Waals surface area contributed by atoms with Crippen LogP contribution in [0.3, 0.4) is 0 Å². The van der Waals surface area contributed by atoms with Crippen LogP contribution in [-0.2, 0) is 14.0 Å². The van der Waals surface area contributed by atoms with Gasteiger partial charge >= 0.3 is 5.97 Å². The first-order valence-electron chi connectivity index (χ1n) is 14.2. The molecule has 0 aliphatic heterocycles. The third-order valence-corrected chi connectivity index (χ3v) is 16.1. The molecule has 3 nitrogen and oxygen atoms in total. The van der Waals surface area contributed by atoms with Crippen LogP contribution in [0, 0.1) is 40.9 Å². The minimum absolute atomic E-state index is 0.0310. The van der Waals surface area contributed by atoms with Crippen molar-refractivity contribution in [2.45, 2.75) is 129 Å². The van der Waals surface area contributed by atoms with Crippen LogP contribution >= 0.6 is 0 Å². The fourth-order valence-electron chi connectivity index (χ4n) is 8.79. The first kappa shape index (κ1) is 25.7. The average molecular weight is 477 g/mol. The number of carbonyl (C=O) groups is 1.